The molecular weight excluding hydrogens is 304 g/mol. The van der Waals surface area contributed by atoms with Crippen LogP contribution in [0.5, 0.6) is 0 Å². The number of nitriles is 1. The van der Waals surface area contributed by atoms with Gasteiger partial charge in [0.1, 0.15) is 0 Å². The Morgan fingerprint density at radius 3 is 3.04 bits per heavy atom. The second-order valence-corrected chi connectivity index (χ2v) is 7.01. The molecule has 1 aromatic rings. The summed E-state index contributed by atoms with van der Waals surface area (Å²) in [5, 5.41) is 16.6. The molecule has 0 amide bonds. The van der Waals surface area contributed by atoms with Gasteiger partial charge in [0.05, 0.1) is 18.2 Å². The zero-order chi connectivity index (χ0) is 16.5. The van der Waals surface area contributed by atoms with Gasteiger partial charge in [0.2, 0.25) is 0 Å². The number of hydrogen-bond donors (Lipinski definition) is 2. The van der Waals surface area contributed by atoms with E-state index in [1.807, 2.05) is 36.0 Å². The highest BCUT2D eigenvalue weighted by molar-refractivity contribution is 7.99. The molecule has 1 aromatic carbocycles. The zero-order valence-electron chi connectivity index (χ0n) is 14.0. The van der Waals surface area contributed by atoms with Crippen LogP contribution < -0.4 is 10.6 Å². The minimum Gasteiger partial charge on any atom is -0.357 e. The summed E-state index contributed by atoms with van der Waals surface area (Å²) in [4.78, 5) is 4.68. The molecule has 2 unspecified atom stereocenters. The van der Waals surface area contributed by atoms with E-state index in [9.17, 15) is 0 Å². The van der Waals surface area contributed by atoms with Crippen molar-refractivity contribution in [1.29, 1.82) is 5.26 Å². The molecule has 1 aliphatic rings. The summed E-state index contributed by atoms with van der Waals surface area (Å²) in [5.41, 5.74) is 1.75. The number of rotatable bonds is 5. The van der Waals surface area contributed by atoms with Crippen molar-refractivity contribution in [3.8, 4) is 6.07 Å². The normalized spacial score (nSPS) is 21.5. The molecular formula is C18H26N4S. The molecule has 0 radical (unpaired) electrons. The average Bonchev–Trinajstić information content (AvgIpc) is 2.60. The third-order valence-corrected chi connectivity index (χ3v) is 5.22. The van der Waals surface area contributed by atoms with Gasteiger partial charge in [-0.15, -0.1) is 0 Å². The molecule has 1 aliphatic carbocycles. The quantitative estimate of drug-likeness (QED) is 0.642. The fourth-order valence-corrected chi connectivity index (χ4v) is 3.74. The number of aliphatic imine (C=N–C) groups is 1. The molecule has 2 rings (SSSR count). The molecule has 0 heterocycles. The lowest BCUT2D eigenvalue weighted by molar-refractivity contribution is 0.419. The van der Waals surface area contributed by atoms with Crippen LogP contribution in [0.15, 0.2) is 29.3 Å². The summed E-state index contributed by atoms with van der Waals surface area (Å²) in [7, 11) is 0. The molecule has 23 heavy (non-hydrogen) atoms. The molecule has 1 fully saturated rings. The van der Waals surface area contributed by atoms with E-state index < -0.39 is 0 Å². The standard InChI is InChI=1S/C18H26N4S/c1-3-20-18(22-16-8-5-9-17(11-16)23-2)21-13-15-7-4-6-14(10-15)12-19/h4,6-7,10,16-17H,3,5,8-9,11,13H2,1-2H3,(H2,20,21,22). The maximum Gasteiger partial charge on any atom is 0.191 e. The van der Waals surface area contributed by atoms with E-state index in [2.05, 4.69) is 34.9 Å². The van der Waals surface area contributed by atoms with Crippen LogP contribution in [0.2, 0.25) is 0 Å². The highest BCUT2D eigenvalue weighted by Gasteiger charge is 2.21. The third kappa shape index (κ3) is 5.80. The van der Waals surface area contributed by atoms with Crippen molar-refractivity contribution in [3.63, 3.8) is 0 Å². The van der Waals surface area contributed by atoms with Gasteiger partial charge >= 0.3 is 0 Å². The van der Waals surface area contributed by atoms with Crippen molar-refractivity contribution in [2.75, 3.05) is 12.8 Å². The van der Waals surface area contributed by atoms with Crippen LogP contribution in [0.1, 0.15) is 43.7 Å². The number of benzene rings is 1. The largest absolute Gasteiger partial charge is 0.357 e. The van der Waals surface area contributed by atoms with Crippen molar-refractivity contribution in [2.45, 2.75) is 50.4 Å². The highest BCUT2D eigenvalue weighted by atomic mass is 32.2. The molecule has 0 spiro atoms. The second kappa shape index (κ2) is 9.46. The summed E-state index contributed by atoms with van der Waals surface area (Å²) >= 11 is 1.97. The first-order valence-electron chi connectivity index (χ1n) is 8.31. The van der Waals surface area contributed by atoms with Crippen molar-refractivity contribution in [1.82, 2.24) is 10.6 Å². The zero-order valence-corrected chi connectivity index (χ0v) is 14.8. The predicted molar refractivity (Wildman–Crippen MR) is 98.7 cm³/mol. The molecule has 2 N–H and O–H groups in total. The molecule has 124 valence electrons. The van der Waals surface area contributed by atoms with Gasteiger partial charge in [-0.3, -0.25) is 0 Å². The summed E-state index contributed by atoms with van der Waals surface area (Å²) in [5.74, 6) is 0.876. The SMILES string of the molecule is CCNC(=NCc1cccc(C#N)c1)NC1CCCC(SC)C1. The van der Waals surface area contributed by atoms with E-state index in [1.54, 1.807) is 0 Å². The molecule has 5 heteroatoms. The van der Waals surface area contributed by atoms with Crippen LogP contribution in [0, 0.1) is 11.3 Å². The fraction of sp³-hybridized carbons (Fsp3) is 0.556. The van der Waals surface area contributed by atoms with Gasteiger partial charge in [0.15, 0.2) is 5.96 Å². The number of thioether (sulfide) groups is 1. The van der Waals surface area contributed by atoms with Gasteiger partial charge in [-0.25, -0.2) is 4.99 Å². The molecule has 0 aromatic heterocycles. The van der Waals surface area contributed by atoms with Crippen LogP contribution >= 0.6 is 11.8 Å². The number of guanidine groups is 1. The van der Waals surface area contributed by atoms with E-state index in [4.69, 9.17) is 5.26 Å². The molecule has 1 saturated carbocycles. The first kappa shape index (κ1) is 17.7. The maximum absolute atomic E-state index is 8.98. The van der Waals surface area contributed by atoms with Crippen LogP contribution in [0.25, 0.3) is 0 Å². The Morgan fingerprint density at radius 2 is 2.30 bits per heavy atom. The topological polar surface area (TPSA) is 60.2 Å². The van der Waals surface area contributed by atoms with Gasteiger partial charge < -0.3 is 10.6 Å². The van der Waals surface area contributed by atoms with E-state index in [0.29, 0.717) is 18.2 Å². The first-order valence-corrected chi connectivity index (χ1v) is 9.60. The van der Waals surface area contributed by atoms with Crippen LogP contribution in [0.4, 0.5) is 0 Å². The summed E-state index contributed by atoms with van der Waals surface area (Å²) in [6.07, 6.45) is 7.23. The lowest BCUT2D eigenvalue weighted by Crippen LogP contribution is -2.45. The van der Waals surface area contributed by atoms with E-state index in [0.717, 1.165) is 23.3 Å². The minimum absolute atomic E-state index is 0.504. The molecule has 0 aliphatic heterocycles. The van der Waals surface area contributed by atoms with Crippen molar-refractivity contribution in [2.24, 2.45) is 4.99 Å². The first-order chi connectivity index (χ1) is 11.2. The molecule has 0 saturated heterocycles. The maximum atomic E-state index is 8.98. The Balaban J connectivity index is 1.98. The Labute approximate surface area is 143 Å². The Bertz CT molecular complexity index is 564. The molecule has 2 atom stereocenters. The monoisotopic (exact) mass is 330 g/mol. The highest BCUT2D eigenvalue weighted by Crippen LogP contribution is 2.26. The Morgan fingerprint density at radius 1 is 1.43 bits per heavy atom. The van der Waals surface area contributed by atoms with Gasteiger partial charge in [-0.2, -0.15) is 17.0 Å². The van der Waals surface area contributed by atoms with Crippen LogP contribution in [-0.2, 0) is 6.54 Å². The predicted octanol–water partition coefficient (Wildman–Crippen LogP) is 3.29. The summed E-state index contributed by atoms with van der Waals surface area (Å²) in [6.45, 7) is 3.52. The van der Waals surface area contributed by atoms with Crippen molar-refractivity contribution >= 4 is 17.7 Å². The third-order valence-electron chi connectivity index (χ3n) is 4.12. The number of nitrogens with zero attached hydrogens (tertiary/aromatic N) is 2. The van der Waals surface area contributed by atoms with Gasteiger partial charge in [0.25, 0.3) is 0 Å². The summed E-state index contributed by atoms with van der Waals surface area (Å²) < 4.78 is 0. The molecule has 0 bridgehead atoms. The molecule has 4 nitrogen and oxygen atoms in total. The summed E-state index contributed by atoms with van der Waals surface area (Å²) in [6, 6.07) is 10.3. The van der Waals surface area contributed by atoms with Crippen molar-refractivity contribution < 1.29 is 0 Å². The Hall–Kier alpha value is -1.67. The van der Waals surface area contributed by atoms with E-state index in [1.165, 1.54) is 25.7 Å². The average molecular weight is 331 g/mol. The number of hydrogen-bond acceptors (Lipinski definition) is 3. The van der Waals surface area contributed by atoms with Gasteiger partial charge in [-0.05, 0) is 50.1 Å². The van der Waals surface area contributed by atoms with E-state index in [-0.39, 0.29) is 0 Å². The van der Waals surface area contributed by atoms with Crippen molar-refractivity contribution in [3.05, 3.63) is 35.4 Å². The van der Waals surface area contributed by atoms with Crippen LogP contribution in [-0.4, -0.2) is 30.1 Å². The van der Waals surface area contributed by atoms with E-state index >= 15 is 0 Å². The lowest BCUT2D eigenvalue weighted by atomic mass is 9.95. The minimum atomic E-state index is 0.504. The second-order valence-electron chi connectivity index (χ2n) is 5.87. The number of nitrogens with one attached hydrogen (secondary N) is 2. The lowest BCUT2D eigenvalue weighted by Gasteiger charge is -2.29. The van der Waals surface area contributed by atoms with Gasteiger partial charge in [-0.1, -0.05) is 18.6 Å². The van der Waals surface area contributed by atoms with Crippen LogP contribution in [0.3, 0.4) is 0 Å². The smallest absolute Gasteiger partial charge is 0.191 e. The van der Waals surface area contributed by atoms with Gasteiger partial charge in [0, 0.05) is 17.8 Å². The Kier molecular flexibility index (Phi) is 7.28. The fourth-order valence-electron chi connectivity index (χ4n) is 2.91.